The second-order valence-corrected chi connectivity index (χ2v) is 7.94. The Balaban J connectivity index is 1.67. The highest BCUT2D eigenvalue weighted by molar-refractivity contribution is 7.98. The second-order valence-electron chi connectivity index (χ2n) is 6.90. The normalized spacial score (nSPS) is 11.5. The van der Waals surface area contributed by atoms with Crippen LogP contribution in [0.4, 0.5) is 13.2 Å². The number of carbonyl (C=O) groups excluding carboxylic acids is 1. The summed E-state index contributed by atoms with van der Waals surface area (Å²) < 4.78 is 48.6. The maximum Gasteiger partial charge on any atom is 0.416 e. The van der Waals surface area contributed by atoms with Crippen LogP contribution < -0.4 is 4.74 Å². The Kier molecular flexibility index (Phi) is 7.98. The monoisotopic (exact) mass is 481 g/mol. The van der Waals surface area contributed by atoms with Crippen LogP contribution in [0.15, 0.2) is 47.4 Å². The number of esters is 1. The van der Waals surface area contributed by atoms with Gasteiger partial charge in [0, 0.05) is 10.6 Å². The summed E-state index contributed by atoms with van der Waals surface area (Å²) in [6.07, 6.45) is -4.42. The number of benzene rings is 2. The van der Waals surface area contributed by atoms with Crippen molar-refractivity contribution in [1.82, 2.24) is 15.0 Å². The second kappa shape index (κ2) is 10.7. The van der Waals surface area contributed by atoms with Gasteiger partial charge < -0.3 is 14.6 Å². The van der Waals surface area contributed by atoms with Gasteiger partial charge in [0.2, 0.25) is 0 Å². The molecule has 0 spiro atoms. The fraction of sp³-hybridized carbons (Fsp3) is 0.318. The number of aliphatic hydroxyl groups is 1. The molecule has 0 fully saturated rings. The molecule has 3 aromatic rings. The molecule has 1 heterocycles. The molecule has 7 nitrogen and oxygen atoms in total. The number of aliphatic hydroxyl groups excluding tert-OH is 1. The third-order valence-electron chi connectivity index (χ3n) is 4.51. The van der Waals surface area contributed by atoms with Gasteiger partial charge in [-0.25, -0.2) is 4.79 Å². The van der Waals surface area contributed by atoms with E-state index in [1.54, 1.807) is 13.0 Å². The first-order valence-corrected chi connectivity index (χ1v) is 10.9. The van der Waals surface area contributed by atoms with Crippen LogP contribution in [0.1, 0.15) is 29.4 Å². The highest BCUT2D eigenvalue weighted by atomic mass is 32.2. The maximum atomic E-state index is 12.8. The molecule has 1 aromatic heterocycles. The molecule has 0 atom stereocenters. The van der Waals surface area contributed by atoms with E-state index in [9.17, 15) is 23.1 Å². The highest BCUT2D eigenvalue weighted by Crippen LogP contribution is 2.30. The van der Waals surface area contributed by atoms with Gasteiger partial charge in [0.15, 0.2) is 6.61 Å². The fourth-order valence-corrected chi connectivity index (χ4v) is 3.82. The number of hydrogen-bond donors (Lipinski definition) is 1. The van der Waals surface area contributed by atoms with Crippen LogP contribution in [0.5, 0.6) is 5.75 Å². The number of rotatable bonds is 9. The molecule has 0 aliphatic heterocycles. The van der Waals surface area contributed by atoms with Crippen LogP contribution in [0.3, 0.4) is 0 Å². The maximum absolute atomic E-state index is 12.8. The van der Waals surface area contributed by atoms with Crippen molar-refractivity contribution in [2.45, 2.75) is 37.3 Å². The topological polar surface area (TPSA) is 86.5 Å². The molecule has 176 valence electrons. The van der Waals surface area contributed by atoms with Crippen molar-refractivity contribution in [2.24, 2.45) is 0 Å². The van der Waals surface area contributed by atoms with Gasteiger partial charge in [0.05, 0.1) is 30.2 Å². The van der Waals surface area contributed by atoms with E-state index in [1.807, 2.05) is 19.1 Å². The molecule has 0 unspecified atom stereocenters. The number of aromatic nitrogens is 3. The van der Waals surface area contributed by atoms with Crippen LogP contribution in [-0.2, 0) is 28.1 Å². The predicted octanol–water partition coefficient (Wildman–Crippen LogP) is 4.32. The van der Waals surface area contributed by atoms with Gasteiger partial charge in [-0.1, -0.05) is 0 Å². The van der Waals surface area contributed by atoms with Crippen LogP contribution in [0.25, 0.3) is 5.69 Å². The first-order chi connectivity index (χ1) is 15.7. The molecule has 2 aromatic carbocycles. The minimum atomic E-state index is -4.42. The first-order valence-electron chi connectivity index (χ1n) is 9.96. The predicted molar refractivity (Wildman–Crippen MR) is 115 cm³/mol. The summed E-state index contributed by atoms with van der Waals surface area (Å²) in [6.45, 7) is 3.34. The summed E-state index contributed by atoms with van der Waals surface area (Å²) in [5.74, 6) is 0.513. The van der Waals surface area contributed by atoms with E-state index in [2.05, 4.69) is 10.2 Å². The zero-order valence-corrected chi connectivity index (χ0v) is 18.7. The van der Waals surface area contributed by atoms with Crippen molar-refractivity contribution < 1.29 is 32.5 Å². The molecule has 1 N–H and O–H groups in total. The van der Waals surface area contributed by atoms with Gasteiger partial charge in [-0.15, -0.1) is 11.8 Å². The van der Waals surface area contributed by atoms with E-state index in [0.29, 0.717) is 28.6 Å². The molecule has 0 bridgehead atoms. The van der Waals surface area contributed by atoms with E-state index >= 15 is 0 Å². The van der Waals surface area contributed by atoms with Crippen molar-refractivity contribution in [3.05, 3.63) is 65.0 Å². The Morgan fingerprint density at radius 2 is 1.82 bits per heavy atom. The Bertz CT molecular complexity index is 1100. The molecule has 11 heteroatoms. The molecule has 0 saturated carbocycles. The number of carbonyl (C=O) groups is 1. The Morgan fingerprint density at radius 1 is 1.12 bits per heavy atom. The minimum Gasteiger partial charge on any atom is -0.482 e. The number of halogens is 3. The summed E-state index contributed by atoms with van der Waals surface area (Å²) in [5.41, 5.74) is 1.28. The van der Waals surface area contributed by atoms with Gasteiger partial charge in [0.1, 0.15) is 11.4 Å². The van der Waals surface area contributed by atoms with Crippen molar-refractivity contribution >= 4 is 17.7 Å². The van der Waals surface area contributed by atoms with Crippen molar-refractivity contribution in [3.8, 4) is 11.4 Å². The van der Waals surface area contributed by atoms with E-state index in [4.69, 9.17) is 9.47 Å². The molecule has 0 aliphatic carbocycles. The Hall–Kier alpha value is -3.05. The van der Waals surface area contributed by atoms with Crippen molar-refractivity contribution in [1.29, 1.82) is 0 Å². The van der Waals surface area contributed by atoms with Gasteiger partial charge in [-0.3, -0.25) is 0 Å². The third-order valence-corrected chi connectivity index (χ3v) is 5.52. The number of thioether (sulfide) groups is 1. The molecule has 0 amide bonds. The molecular formula is C22H22F3N3O4S. The SMILES string of the molecule is CCOC(=O)COc1ccc(SCc2nn(-c3ccc(C(F)(F)F)cc3)nc2CO)cc1C. The number of alkyl halides is 3. The average molecular weight is 481 g/mol. The number of nitrogens with zero attached hydrogens (tertiary/aromatic N) is 3. The Morgan fingerprint density at radius 3 is 2.42 bits per heavy atom. The molecule has 0 saturated heterocycles. The molecular weight excluding hydrogens is 459 g/mol. The van der Waals surface area contributed by atoms with Crippen molar-refractivity contribution in [2.75, 3.05) is 13.2 Å². The number of ether oxygens (including phenoxy) is 2. The smallest absolute Gasteiger partial charge is 0.416 e. The van der Waals surface area contributed by atoms with Crippen molar-refractivity contribution in [3.63, 3.8) is 0 Å². The van der Waals surface area contributed by atoms with Gasteiger partial charge in [0.25, 0.3) is 0 Å². The number of hydrogen-bond acceptors (Lipinski definition) is 7. The molecule has 0 radical (unpaired) electrons. The number of aryl methyl sites for hydroxylation is 1. The van der Waals surface area contributed by atoms with Crippen LogP contribution in [0, 0.1) is 6.92 Å². The van der Waals surface area contributed by atoms with Crippen LogP contribution in [0.2, 0.25) is 0 Å². The minimum absolute atomic E-state index is 0.173. The average Bonchev–Trinajstić information content (AvgIpc) is 3.20. The van der Waals surface area contributed by atoms with Crippen LogP contribution in [-0.4, -0.2) is 39.3 Å². The highest BCUT2D eigenvalue weighted by Gasteiger charge is 2.30. The van der Waals surface area contributed by atoms with Gasteiger partial charge >= 0.3 is 12.1 Å². The van der Waals surface area contributed by atoms with Gasteiger partial charge in [-0.2, -0.15) is 28.2 Å². The summed E-state index contributed by atoms with van der Waals surface area (Å²) in [7, 11) is 0. The lowest BCUT2D eigenvalue weighted by Crippen LogP contribution is -2.14. The van der Waals surface area contributed by atoms with Crippen LogP contribution >= 0.6 is 11.8 Å². The lowest BCUT2D eigenvalue weighted by molar-refractivity contribution is -0.145. The van der Waals surface area contributed by atoms with Gasteiger partial charge in [-0.05, 0) is 61.9 Å². The third kappa shape index (κ3) is 6.48. The fourth-order valence-electron chi connectivity index (χ4n) is 2.87. The Labute approximate surface area is 192 Å². The standard InChI is InChI=1S/C22H22F3N3O4S/c1-3-31-21(30)12-32-20-9-8-17(10-14(20)2)33-13-19-18(11-29)26-28(27-19)16-6-4-15(5-7-16)22(23,24)25/h4-10,29H,3,11-13H2,1-2H3. The molecule has 33 heavy (non-hydrogen) atoms. The zero-order valence-electron chi connectivity index (χ0n) is 17.9. The quantitative estimate of drug-likeness (QED) is 0.360. The lowest BCUT2D eigenvalue weighted by Gasteiger charge is -2.10. The van der Waals surface area contributed by atoms with E-state index in [0.717, 1.165) is 22.6 Å². The lowest BCUT2D eigenvalue weighted by atomic mass is 10.2. The largest absolute Gasteiger partial charge is 0.482 e. The molecule has 0 aliphatic rings. The van der Waals surface area contributed by atoms with E-state index in [-0.39, 0.29) is 19.8 Å². The summed E-state index contributed by atoms with van der Waals surface area (Å²) in [6, 6.07) is 9.95. The van der Waals surface area contributed by atoms with E-state index < -0.39 is 17.7 Å². The van der Waals surface area contributed by atoms with E-state index in [1.165, 1.54) is 28.7 Å². The summed E-state index contributed by atoms with van der Waals surface area (Å²) in [4.78, 5) is 13.6. The first kappa shape index (κ1) is 24.6. The summed E-state index contributed by atoms with van der Waals surface area (Å²) in [5, 5.41) is 18.1. The zero-order chi connectivity index (χ0) is 24.0. The molecule has 3 rings (SSSR count). The summed E-state index contributed by atoms with van der Waals surface area (Å²) >= 11 is 1.45.